The van der Waals surface area contributed by atoms with Gasteiger partial charge >= 0.3 is 0 Å². The van der Waals surface area contributed by atoms with Gasteiger partial charge in [0.1, 0.15) is 5.82 Å². The Morgan fingerprint density at radius 2 is 2.05 bits per heavy atom. The number of benzene rings is 1. The van der Waals surface area contributed by atoms with Gasteiger partial charge in [-0.15, -0.1) is 0 Å². The highest BCUT2D eigenvalue weighted by molar-refractivity contribution is 9.08. The number of aromatic nitrogens is 1. The standard InChI is InChI=1S/C16H18BrFN2/c1-3-20(11-15-6-4-5-12(2)19-15)16-8-7-14(18)9-13(16)10-17/h4-9H,3,10-11H2,1-2H3. The Morgan fingerprint density at radius 1 is 1.25 bits per heavy atom. The quantitative estimate of drug-likeness (QED) is 0.750. The van der Waals surface area contributed by atoms with Gasteiger partial charge in [0.15, 0.2) is 0 Å². The maximum atomic E-state index is 13.3. The fraction of sp³-hybridized carbons (Fsp3) is 0.312. The molecule has 0 spiro atoms. The van der Waals surface area contributed by atoms with Crippen LogP contribution in [0.4, 0.5) is 10.1 Å². The van der Waals surface area contributed by atoms with Gasteiger partial charge in [-0.1, -0.05) is 22.0 Å². The van der Waals surface area contributed by atoms with E-state index < -0.39 is 0 Å². The van der Waals surface area contributed by atoms with E-state index in [0.717, 1.165) is 35.7 Å². The summed E-state index contributed by atoms with van der Waals surface area (Å²) in [5.74, 6) is -0.201. The lowest BCUT2D eigenvalue weighted by atomic mass is 10.1. The minimum absolute atomic E-state index is 0.201. The van der Waals surface area contributed by atoms with Gasteiger partial charge < -0.3 is 4.90 Å². The van der Waals surface area contributed by atoms with Gasteiger partial charge in [0.25, 0.3) is 0 Å². The van der Waals surface area contributed by atoms with Crippen molar-refractivity contribution in [3.05, 3.63) is 59.2 Å². The first-order valence-electron chi connectivity index (χ1n) is 6.66. The molecule has 1 aromatic heterocycles. The number of hydrogen-bond donors (Lipinski definition) is 0. The summed E-state index contributed by atoms with van der Waals surface area (Å²) in [6.45, 7) is 5.66. The van der Waals surface area contributed by atoms with Crippen LogP contribution < -0.4 is 4.90 Å². The molecule has 2 rings (SSSR count). The molecule has 2 nitrogen and oxygen atoms in total. The lowest BCUT2D eigenvalue weighted by molar-refractivity contribution is 0.626. The summed E-state index contributed by atoms with van der Waals surface area (Å²) < 4.78 is 13.3. The van der Waals surface area contributed by atoms with E-state index in [-0.39, 0.29) is 5.82 Å². The zero-order chi connectivity index (χ0) is 14.5. The highest BCUT2D eigenvalue weighted by atomic mass is 79.9. The largest absolute Gasteiger partial charge is 0.366 e. The van der Waals surface area contributed by atoms with Gasteiger partial charge in [-0.3, -0.25) is 4.98 Å². The van der Waals surface area contributed by atoms with Gasteiger partial charge in [0.05, 0.1) is 12.2 Å². The van der Waals surface area contributed by atoms with E-state index in [4.69, 9.17) is 0 Å². The summed E-state index contributed by atoms with van der Waals surface area (Å²) in [6, 6.07) is 11.0. The fourth-order valence-corrected chi connectivity index (χ4v) is 2.67. The number of pyridine rings is 1. The predicted octanol–water partition coefficient (Wildman–Crippen LogP) is 4.45. The van der Waals surface area contributed by atoms with Crippen LogP contribution in [0, 0.1) is 12.7 Å². The number of halogens is 2. The molecule has 0 aliphatic rings. The lowest BCUT2D eigenvalue weighted by Gasteiger charge is -2.25. The van der Waals surface area contributed by atoms with Crippen molar-refractivity contribution in [2.75, 3.05) is 11.4 Å². The van der Waals surface area contributed by atoms with Crippen molar-refractivity contribution in [2.45, 2.75) is 25.7 Å². The van der Waals surface area contributed by atoms with Crippen molar-refractivity contribution in [3.63, 3.8) is 0 Å². The highest BCUT2D eigenvalue weighted by Gasteiger charge is 2.11. The SMILES string of the molecule is CCN(Cc1cccc(C)n1)c1ccc(F)cc1CBr. The van der Waals surface area contributed by atoms with Crippen LogP contribution in [0.15, 0.2) is 36.4 Å². The van der Waals surface area contributed by atoms with Crippen molar-refractivity contribution in [3.8, 4) is 0 Å². The van der Waals surface area contributed by atoms with Gasteiger partial charge in [-0.05, 0) is 49.7 Å². The summed E-state index contributed by atoms with van der Waals surface area (Å²) in [7, 11) is 0. The number of alkyl halides is 1. The average molecular weight is 337 g/mol. The molecule has 0 amide bonds. The first-order chi connectivity index (χ1) is 9.63. The Balaban J connectivity index is 2.28. The second kappa shape index (κ2) is 6.84. The van der Waals surface area contributed by atoms with E-state index in [1.165, 1.54) is 6.07 Å². The molecule has 2 aromatic rings. The normalized spacial score (nSPS) is 10.6. The van der Waals surface area contributed by atoms with Crippen molar-refractivity contribution in [2.24, 2.45) is 0 Å². The zero-order valence-electron chi connectivity index (χ0n) is 11.7. The van der Waals surface area contributed by atoms with Gasteiger partial charge in [0, 0.05) is 23.3 Å². The van der Waals surface area contributed by atoms with Crippen LogP contribution in [0.2, 0.25) is 0 Å². The number of aryl methyl sites for hydroxylation is 1. The number of hydrogen-bond acceptors (Lipinski definition) is 2. The third-order valence-electron chi connectivity index (χ3n) is 3.21. The summed E-state index contributed by atoms with van der Waals surface area (Å²) in [5.41, 5.74) is 4.05. The number of anilines is 1. The average Bonchev–Trinajstić information content (AvgIpc) is 2.45. The highest BCUT2D eigenvalue weighted by Crippen LogP contribution is 2.25. The van der Waals surface area contributed by atoms with Crippen LogP contribution in [-0.2, 0) is 11.9 Å². The van der Waals surface area contributed by atoms with E-state index in [9.17, 15) is 4.39 Å². The first kappa shape index (κ1) is 15.0. The Bertz CT molecular complexity index is 586. The minimum atomic E-state index is -0.201. The molecule has 0 N–H and O–H groups in total. The Morgan fingerprint density at radius 3 is 2.70 bits per heavy atom. The molecular formula is C16H18BrFN2. The van der Waals surface area contributed by atoms with E-state index in [1.807, 2.05) is 31.2 Å². The Labute approximate surface area is 127 Å². The summed E-state index contributed by atoms with van der Waals surface area (Å²) >= 11 is 3.43. The van der Waals surface area contributed by atoms with Crippen LogP contribution in [0.25, 0.3) is 0 Å². The second-order valence-corrected chi connectivity index (χ2v) is 5.25. The molecule has 1 aromatic carbocycles. The third-order valence-corrected chi connectivity index (χ3v) is 3.81. The van der Waals surface area contributed by atoms with Gasteiger partial charge in [-0.2, -0.15) is 0 Å². The van der Waals surface area contributed by atoms with Crippen molar-refractivity contribution < 1.29 is 4.39 Å². The Hall–Kier alpha value is -1.42. The molecule has 0 radical (unpaired) electrons. The third kappa shape index (κ3) is 3.57. The number of rotatable bonds is 5. The maximum Gasteiger partial charge on any atom is 0.123 e. The van der Waals surface area contributed by atoms with E-state index in [1.54, 1.807) is 6.07 Å². The van der Waals surface area contributed by atoms with Crippen LogP contribution >= 0.6 is 15.9 Å². The molecule has 0 bridgehead atoms. The fourth-order valence-electron chi connectivity index (χ4n) is 2.22. The number of nitrogens with zero attached hydrogens (tertiary/aromatic N) is 2. The van der Waals surface area contributed by atoms with Crippen LogP contribution in [0.1, 0.15) is 23.9 Å². The minimum Gasteiger partial charge on any atom is -0.366 e. The molecule has 0 aliphatic carbocycles. The van der Waals surface area contributed by atoms with Crippen LogP contribution in [-0.4, -0.2) is 11.5 Å². The maximum absolute atomic E-state index is 13.3. The van der Waals surface area contributed by atoms with Gasteiger partial charge in [-0.25, -0.2) is 4.39 Å². The molecule has 20 heavy (non-hydrogen) atoms. The van der Waals surface area contributed by atoms with E-state index in [2.05, 4.69) is 32.7 Å². The topological polar surface area (TPSA) is 16.1 Å². The zero-order valence-corrected chi connectivity index (χ0v) is 13.3. The monoisotopic (exact) mass is 336 g/mol. The molecular weight excluding hydrogens is 319 g/mol. The molecule has 0 saturated heterocycles. The van der Waals surface area contributed by atoms with Crippen molar-refractivity contribution in [1.82, 2.24) is 4.98 Å². The molecule has 1 heterocycles. The van der Waals surface area contributed by atoms with Crippen molar-refractivity contribution >= 4 is 21.6 Å². The predicted molar refractivity (Wildman–Crippen MR) is 84.7 cm³/mol. The first-order valence-corrected chi connectivity index (χ1v) is 7.78. The molecule has 0 unspecified atom stereocenters. The molecule has 0 fully saturated rings. The molecule has 4 heteroatoms. The second-order valence-electron chi connectivity index (χ2n) is 4.69. The molecule has 0 atom stereocenters. The van der Waals surface area contributed by atoms with E-state index in [0.29, 0.717) is 5.33 Å². The summed E-state index contributed by atoms with van der Waals surface area (Å²) in [6.07, 6.45) is 0. The van der Waals surface area contributed by atoms with Crippen LogP contribution in [0.5, 0.6) is 0 Å². The lowest BCUT2D eigenvalue weighted by Crippen LogP contribution is -2.23. The summed E-state index contributed by atoms with van der Waals surface area (Å²) in [5, 5.41) is 0.637. The van der Waals surface area contributed by atoms with Crippen LogP contribution in [0.3, 0.4) is 0 Å². The summed E-state index contributed by atoms with van der Waals surface area (Å²) in [4.78, 5) is 6.74. The van der Waals surface area contributed by atoms with E-state index >= 15 is 0 Å². The molecule has 106 valence electrons. The smallest absolute Gasteiger partial charge is 0.123 e. The molecule has 0 saturated carbocycles. The molecule has 0 aliphatic heterocycles. The van der Waals surface area contributed by atoms with Gasteiger partial charge in [0.2, 0.25) is 0 Å². The van der Waals surface area contributed by atoms with Crippen molar-refractivity contribution in [1.29, 1.82) is 0 Å². The Kier molecular flexibility index (Phi) is 5.12.